The topological polar surface area (TPSA) is 81.5 Å². The van der Waals surface area contributed by atoms with E-state index in [0.717, 1.165) is 16.1 Å². The molecule has 0 saturated heterocycles. The maximum Gasteiger partial charge on any atom is 0.326 e. The number of hydrogen-bond acceptors (Lipinski definition) is 6. The van der Waals surface area contributed by atoms with Gasteiger partial charge in [0.05, 0.1) is 29.0 Å². The second kappa shape index (κ2) is 9.52. The number of para-hydroxylation sites is 2. The van der Waals surface area contributed by atoms with Crippen LogP contribution in [0.25, 0.3) is 10.9 Å². The Bertz CT molecular complexity index is 1420. The lowest BCUT2D eigenvalue weighted by Gasteiger charge is -2.37. The van der Waals surface area contributed by atoms with Crippen molar-refractivity contribution in [2.75, 3.05) is 17.3 Å². The lowest BCUT2D eigenvalue weighted by Crippen LogP contribution is -2.41. The van der Waals surface area contributed by atoms with Crippen LogP contribution in [0.15, 0.2) is 94.9 Å². The van der Waals surface area contributed by atoms with Crippen molar-refractivity contribution in [1.29, 1.82) is 0 Å². The summed E-state index contributed by atoms with van der Waals surface area (Å²) in [4.78, 5) is 45.3. The molecular weight excluding hydrogens is 450 g/mol. The standard InChI is InChI=1S/C26H21N3O4S/c30-24(15-33-25(31)14-28-17-27-20-11-5-4-10-19(20)26(28)32)29-21-12-6-7-13-23(21)34-16-22(29)18-8-2-1-3-9-18/h1-13,17,22H,14-16H2. The number of hydrogen-bond donors (Lipinski definition) is 0. The van der Waals surface area contributed by atoms with Gasteiger partial charge in [-0.2, -0.15) is 0 Å². The van der Waals surface area contributed by atoms with Crippen LogP contribution in [0.5, 0.6) is 0 Å². The number of carbonyl (C=O) groups is 2. The number of ether oxygens (including phenoxy) is 1. The molecule has 1 amide bonds. The van der Waals surface area contributed by atoms with E-state index in [0.29, 0.717) is 16.7 Å². The number of nitrogens with zero attached hydrogens (tertiary/aromatic N) is 3. The second-order valence-electron chi connectivity index (χ2n) is 7.82. The van der Waals surface area contributed by atoms with Gasteiger partial charge in [0.25, 0.3) is 11.5 Å². The number of carbonyl (C=O) groups excluding carboxylic acids is 2. The van der Waals surface area contributed by atoms with Crippen molar-refractivity contribution < 1.29 is 14.3 Å². The Balaban J connectivity index is 1.33. The van der Waals surface area contributed by atoms with Crippen LogP contribution in [0.3, 0.4) is 0 Å². The van der Waals surface area contributed by atoms with Gasteiger partial charge in [-0.25, -0.2) is 4.98 Å². The number of aromatic nitrogens is 2. The maximum absolute atomic E-state index is 13.3. The van der Waals surface area contributed by atoms with Crippen LogP contribution in [-0.4, -0.2) is 33.8 Å². The van der Waals surface area contributed by atoms with E-state index in [1.807, 2.05) is 54.6 Å². The molecule has 1 aliphatic heterocycles. The Hall–Kier alpha value is -3.91. The average molecular weight is 472 g/mol. The Morgan fingerprint density at radius 1 is 0.971 bits per heavy atom. The largest absolute Gasteiger partial charge is 0.454 e. The fraction of sp³-hybridized carbons (Fsp3) is 0.154. The van der Waals surface area contributed by atoms with Crippen LogP contribution in [0.2, 0.25) is 0 Å². The molecule has 0 spiro atoms. The van der Waals surface area contributed by atoms with Crippen LogP contribution in [0.1, 0.15) is 11.6 Å². The van der Waals surface area contributed by atoms with E-state index in [1.54, 1.807) is 40.9 Å². The van der Waals surface area contributed by atoms with E-state index >= 15 is 0 Å². The quantitative estimate of drug-likeness (QED) is 0.412. The summed E-state index contributed by atoms with van der Waals surface area (Å²) in [6, 6.07) is 24.2. The fourth-order valence-corrected chi connectivity index (χ4v) is 5.20. The lowest BCUT2D eigenvalue weighted by molar-refractivity contribution is -0.148. The molecule has 170 valence electrons. The van der Waals surface area contributed by atoms with E-state index in [2.05, 4.69) is 4.98 Å². The molecule has 0 radical (unpaired) electrons. The summed E-state index contributed by atoms with van der Waals surface area (Å²) in [5, 5.41) is 0.419. The van der Waals surface area contributed by atoms with Gasteiger partial charge >= 0.3 is 5.97 Å². The van der Waals surface area contributed by atoms with E-state index in [4.69, 9.17) is 4.74 Å². The highest BCUT2D eigenvalue weighted by molar-refractivity contribution is 7.99. The first-order valence-electron chi connectivity index (χ1n) is 10.8. The molecule has 0 bridgehead atoms. The van der Waals surface area contributed by atoms with Gasteiger partial charge in [0.15, 0.2) is 6.61 Å². The number of rotatable bonds is 5. The minimum Gasteiger partial charge on any atom is -0.454 e. The molecule has 0 fully saturated rings. The molecule has 1 aromatic heterocycles. The van der Waals surface area contributed by atoms with E-state index in [9.17, 15) is 14.4 Å². The molecule has 0 N–H and O–H groups in total. The summed E-state index contributed by atoms with van der Waals surface area (Å²) in [5.41, 5.74) is 2.03. The van der Waals surface area contributed by atoms with Gasteiger partial charge in [0.2, 0.25) is 0 Å². The van der Waals surface area contributed by atoms with Gasteiger partial charge < -0.3 is 4.74 Å². The zero-order chi connectivity index (χ0) is 23.5. The molecule has 0 aliphatic carbocycles. The monoisotopic (exact) mass is 471 g/mol. The van der Waals surface area contributed by atoms with Gasteiger partial charge in [-0.15, -0.1) is 11.8 Å². The van der Waals surface area contributed by atoms with Crippen molar-refractivity contribution in [3.8, 4) is 0 Å². The molecule has 7 nitrogen and oxygen atoms in total. The van der Waals surface area contributed by atoms with Gasteiger partial charge in [0.1, 0.15) is 6.54 Å². The van der Waals surface area contributed by atoms with Crippen LogP contribution in [0.4, 0.5) is 5.69 Å². The predicted molar refractivity (Wildman–Crippen MR) is 131 cm³/mol. The number of fused-ring (bicyclic) bond motifs is 2. The summed E-state index contributed by atoms with van der Waals surface area (Å²) in [5.74, 6) is -0.304. The van der Waals surface area contributed by atoms with Crippen molar-refractivity contribution in [2.45, 2.75) is 17.5 Å². The molecular formula is C26H21N3O4S. The summed E-state index contributed by atoms with van der Waals surface area (Å²) in [7, 11) is 0. The highest BCUT2D eigenvalue weighted by atomic mass is 32.2. The number of esters is 1. The number of benzene rings is 3. The van der Waals surface area contributed by atoms with Crippen LogP contribution in [0, 0.1) is 0 Å². The SMILES string of the molecule is O=C(Cn1cnc2ccccc2c1=O)OCC(=O)N1c2ccccc2SCC1c1ccccc1. The summed E-state index contributed by atoms with van der Waals surface area (Å²) in [6.07, 6.45) is 1.32. The minimum absolute atomic E-state index is 0.181. The zero-order valence-corrected chi connectivity index (χ0v) is 19.0. The number of thioether (sulfide) groups is 1. The molecule has 1 aliphatic rings. The van der Waals surface area contributed by atoms with E-state index in [-0.39, 0.29) is 24.1 Å². The fourth-order valence-electron chi connectivity index (χ4n) is 4.03. The first kappa shape index (κ1) is 21.9. The Labute approximate surface area is 200 Å². The lowest BCUT2D eigenvalue weighted by atomic mass is 10.1. The van der Waals surface area contributed by atoms with Crippen molar-refractivity contribution in [2.24, 2.45) is 0 Å². The highest BCUT2D eigenvalue weighted by Gasteiger charge is 2.32. The normalized spacial score (nSPS) is 15.1. The van der Waals surface area contributed by atoms with E-state index < -0.39 is 12.6 Å². The third kappa shape index (κ3) is 4.32. The smallest absolute Gasteiger partial charge is 0.326 e. The predicted octanol–water partition coefficient (Wildman–Crippen LogP) is 3.82. The van der Waals surface area contributed by atoms with Crippen LogP contribution in [-0.2, 0) is 20.9 Å². The highest BCUT2D eigenvalue weighted by Crippen LogP contribution is 2.43. The molecule has 3 aromatic carbocycles. The van der Waals surface area contributed by atoms with Gasteiger partial charge in [-0.1, -0.05) is 54.6 Å². The first-order chi connectivity index (χ1) is 16.6. The molecule has 1 atom stereocenters. The van der Waals surface area contributed by atoms with Crippen molar-refractivity contribution in [3.05, 3.63) is 101 Å². The Kier molecular flexibility index (Phi) is 6.14. The van der Waals surface area contributed by atoms with Crippen LogP contribution >= 0.6 is 11.8 Å². The third-order valence-electron chi connectivity index (χ3n) is 5.67. The second-order valence-corrected chi connectivity index (χ2v) is 8.89. The molecule has 4 aromatic rings. The molecule has 34 heavy (non-hydrogen) atoms. The average Bonchev–Trinajstić information content (AvgIpc) is 2.89. The Morgan fingerprint density at radius 3 is 2.56 bits per heavy atom. The van der Waals surface area contributed by atoms with Gasteiger partial charge in [0, 0.05) is 10.6 Å². The first-order valence-corrected chi connectivity index (χ1v) is 11.8. The molecule has 0 saturated carbocycles. The van der Waals surface area contributed by atoms with Gasteiger partial charge in [-0.3, -0.25) is 23.9 Å². The molecule has 5 rings (SSSR count). The van der Waals surface area contributed by atoms with Crippen molar-refractivity contribution >= 4 is 40.2 Å². The Morgan fingerprint density at radius 2 is 1.71 bits per heavy atom. The van der Waals surface area contributed by atoms with Gasteiger partial charge in [-0.05, 0) is 29.8 Å². The number of amides is 1. The molecule has 1 unspecified atom stereocenters. The summed E-state index contributed by atoms with van der Waals surface area (Å²) in [6.45, 7) is -0.741. The van der Waals surface area contributed by atoms with Crippen molar-refractivity contribution in [3.63, 3.8) is 0 Å². The zero-order valence-electron chi connectivity index (χ0n) is 18.2. The van der Waals surface area contributed by atoms with E-state index in [1.165, 1.54) is 10.9 Å². The summed E-state index contributed by atoms with van der Waals surface area (Å²) < 4.78 is 6.49. The van der Waals surface area contributed by atoms with Crippen molar-refractivity contribution in [1.82, 2.24) is 9.55 Å². The summed E-state index contributed by atoms with van der Waals surface area (Å²) >= 11 is 1.69. The molecule has 2 heterocycles. The number of anilines is 1. The third-order valence-corrected chi connectivity index (χ3v) is 6.81. The van der Waals surface area contributed by atoms with Crippen LogP contribution < -0.4 is 10.5 Å². The molecule has 8 heteroatoms. The minimum atomic E-state index is -0.677. The maximum atomic E-state index is 13.3.